The summed E-state index contributed by atoms with van der Waals surface area (Å²) in [6.07, 6.45) is 0. The molecule has 84 valence electrons. The van der Waals surface area contributed by atoms with Crippen LogP contribution in [0, 0.1) is 0 Å². The highest BCUT2D eigenvalue weighted by molar-refractivity contribution is 6.84. The van der Waals surface area contributed by atoms with Gasteiger partial charge in [0, 0.05) is 0 Å². The molecule has 3 nitrogen and oxygen atoms in total. The second kappa shape index (κ2) is 5.42. The highest BCUT2D eigenvalue weighted by Crippen LogP contribution is 2.18. The molecule has 1 aliphatic rings. The number of hydrogen-bond donors (Lipinski definition) is 0. The first-order valence-electron chi connectivity index (χ1n) is 6.35. The number of nitrogens with zero attached hydrogens (tertiary/aromatic N) is 3. The molecule has 15 heavy (non-hydrogen) atoms. The third kappa shape index (κ3) is 2.27. The number of hydrogen-bond acceptors (Lipinski definition) is 3. The fraction of sp³-hybridized carbons (Fsp3) is 1.00. The summed E-state index contributed by atoms with van der Waals surface area (Å²) >= 11 is 0. The van der Waals surface area contributed by atoms with Crippen LogP contribution in [0.15, 0.2) is 0 Å². The Morgan fingerprint density at radius 2 is 0.800 bits per heavy atom. The molecule has 0 aromatic heterocycles. The first-order valence-corrected chi connectivity index (χ1v) is 6.35. The van der Waals surface area contributed by atoms with Crippen molar-refractivity contribution in [1.82, 2.24) is 14.2 Å². The third-order valence-electron chi connectivity index (χ3n) is 3.98. The van der Waals surface area contributed by atoms with E-state index in [2.05, 4.69) is 55.4 Å². The van der Waals surface area contributed by atoms with E-state index in [-0.39, 0.29) is 0 Å². The highest BCUT2D eigenvalue weighted by atomic mass is 15.3. The lowest BCUT2D eigenvalue weighted by Gasteiger charge is -2.51. The normalized spacial score (nSPS) is 21.6. The van der Waals surface area contributed by atoms with Gasteiger partial charge in [0.1, 0.15) is 0 Å². The van der Waals surface area contributed by atoms with E-state index in [9.17, 15) is 0 Å². The van der Waals surface area contributed by atoms with Gasteiger partial charge in [0.15, 0.2) is 0 Å². The van der Waals surface area contributed by atoms with Crippen LogP contribution in [0.3, 0.4) is 0 Å². The Morgan fingerprint density at radius 1 is 0.600 bits per heavy atom. The Kier molecular flexibility index (Phi) is 4.75. The zero-order chi connectivity index (χ0) is 11.6. The summed E-state index contributed by atoms with van der Waals surface area (Å²) in [6, 6.07) is 0. The van der Waals surface area contributed by atoms with Gasteiger partial charge in [-0.15, -0.1) is 0 Å². The standard InChI is InChI=1S/C9H24B3N3/c1-7-13-10(4)14(8-2)12(6)15(9-3)11(13)5/h7-9H2,1-6H3. The lowest BCUT2D eigenvalue weighted by molar-refractivity contribution is 0.461. The summed E-state index contributed by atoms with van der Waals surface area (Å²) < 4.78 is 7.69. The van der Waals surface area contributed by atoms with Crippen LogP contribution in [0.25, 0.3) is 0 Å². The van der Waals surface area contributed by atoms with Gasteiger partial charge in [-0.05, 0) is 19.6 Å². The molecule has 1 saturated heterocycles. The average molecular weight is 207 g/mol. The van der Waals surface area contributed by atoms with Crippen molar-refractivity contribution in [2.75, 3.05) is 19.6 Å². The van der Waals surface area contributed by atoms with Crippen molar-refractivity contribution in [1.29, 1.82) is 0 Å². The maximum atomic E-state index is 2.56. The zero-order valence-electron chi connectivity index (χ0n) is 11.2. The summed E-state index contributed by atoms with van der Waals surface area (Å²) in [5, 5.41) is 0. The van der Waals surface area contributed by atoms with Gasteiger partial charge in [-0.1, -0.05) is 41.2 Å². The van der Waals surface area contributed by atoms with Crippen LogP contribution in [0.1, 0.15) is 20.8 Å². The van der Waals surface area contributed by atoms with Gasteiger partial charge in [-0.25, -0.2) is 0 Å². The Balaban J connectivity index is 2.87. The summed E-state index contributed by atoms with van der Waals surface area (Å²) in [7, 11) is 0. The topological polar surface area (TPSA) is 9.72 Å². The smallest absolute Gasteiger partial charge is 0.286 e. The summed E-state index contributed by atoms with van der Waals surface area (Å²) in [4.78, 5) is 0. The molecule has 0 spiro atoms. The van der Waals surface area contributed by atoms with Crippen molar-refractivity contribution in [2.24, 2.45) is 0 Å². The molecule has 0 aliphatic carbocycles. The van der Waals surface area contributed by atoms with Crippen LogP contribution in [-0.2, 0) is 0 Å². The lowest BCUT2D eigenvalue weighted by Crippen LogP contribution is -2.74. The van der Waals surface area contributed by atoms with Crippen molar-refractivity contribution >= 4 is 20.9 Å². The molecule has 0 saturated carbocycles. The van der Waals surface area contributed by atoms with Crippen LogP contribution < -0.4 is 0 Å². The molecule has 1 rings (SSSR count). The van der Waals surface area contributed by atoms with E-state index < -0.39 is 0 Å². The van der Waals surface area contributed by atoms with Gasteiger partial charge in [0.05, 0.1) is 0 Å². The van der Waals surface area contributed by atoms with E-state index in [0.717, 1.165) is 19.6 Å². The van der Waals surface area contributed by atoms with E-state index in [4.69, 9.17) is 0 Å². The zero-order valence-corrected chi connectivity index (χ0v) is 11.2. The molecule has 0 radical (unpaired) electrons. The molecule has 0 bridgehead atoms. The van der Waals surface area contributed by atoms with Crippen LogP contribution in [0.2, 0.25) is 20.5 Å². The fourth-order valence-electron chi connectivity index (χ4n) is 3.09. The Bertz CT molecular complexity index is 160. The molecule has 0 unspecified atom stereocenters. The Labute approximate surface area is 96.5 Å². The molecular weight excluding hydrogens is 183 g/mol. The minimum Gasteiger partial charge on any atom is -0.358 e. The lowest BCUT2D eigenvalue weighted by atomic mass is 9.45. The summed E-state index contributed by atoms with van der Waals surface area (Å²) in [5.41, 5.74) is 0. The van der Waals surface area contributed by atoms with Crippen LogP contribution in [-0.4, -0.2) is 54.7 Å². The first-order chi connectivity index (χ1) is 7.08. The number of rotatable bonds is 3. The second-order valence-corrected chi connectivity index (χ2v) is 4.39. The molecule has 0 N–H and O–H groups in total. The van der Waals surface area contributed by atoms with E-state index in [1.807, 2.05) is 0 Å². The fourth-order valence-corrected chi connectivity index (χ4v) is 3.09. The molecular formula is C9H24B3N3. The van der Waals surface area contributed by atoms with Gasteiger partial charge >= 0.3 is 0 Å². The van der Waals surface area contributed by atoms with Crippen molar-refractivity contribution < 1.29 is 0 Å². The molecule has 1 heterocycles. The van der Waals surface area contributed by atoms with Crippen LogP contribution >= 0.6 is 0 Å². The van der Waals surface area contributed by atoms with Gasteiger partial charge in [-0.3, -0.25) is 0 Å². The molecule has 1 aliphatic heterocycles. The Morgan fingerprint density at radius 3 is 0.933 bits per heavy atom. The second-order valence-electron chi connectivity index (χ2n) is 4.39. The predicted octanol–water partition coefficient (Wildman–Crippen LogP) is 1.32. The van der Waals surface area contributed by atoms with E-state index in [1.54, 1.807) is 0 Å². The molecule has 6 heteroatoms. The van der Waals surface area contributed by atoms with Crippen molar-refractivity contribution in [3.63, 3.8) is 0 Å². The van der Waals surface area contributed by atoms with E-state index >= 15 is 0 Å². The monoisotopic (exact) mass is 207 g/mol. The van der Waals surface area contributed by atoms with Gasteiger partial charge < -0.3 is 14.2 Å². The average Bonchev–Trinajstić information content (AvgIpc) is 2.19. The largest absolute Gasteiger partial charge is 0.358 e. The first kappa shape index (κ1) is 13.1. The minimum atomic E-state index is 0.563. The van der Waals surface area contributed by atoms with Crippen LogP contribution in [0.4, 0.5) is 0 Å². The highest BCUT2D eigenvalue weighted by Gasteiger charge is 2.44. The van der Waals surface area contributed by atoms with Gasteiger partial charge in [0.25, 0.3) is 20.9 Å². The predicted molar refractivity (Wildman–Crippen MR) is 72.0 cm³/mol. The minimum absolute atomic E-state index is 0.563. The van der Waals surface area contributed by atoms with E-state index in [1.165, 1.54) is 0 Å². The molecule has 0 aromatic rings. The summed E-state index contributed by atoms with van der Waals surface area (Å²) in [5.74, 6) is 0. The Hall–Kier alpha value is 0.0748. The maximum Gasteiger partial charge on any atom is 0.286 e. The maximum absolute atomic E-state index is 2.56. The SMILES string of the molecule is CCN1B(C)N(CC)B(C)N(CC)B1C. The third-order valence-corrected chi connectivity index (χ3v) is 3.98. The molecule has 0 atom stereocenters. The molecule has 0 amide bonds. The van der Waals surface area contributed by atoms with Crippen molar-refractivity contribution in [3.8, 4) is 0 Å². The van der Waals surface area contributed by atoms with Crippen molar-refractivity contribution in [3.05, 3.63) is 0 Å². The molecule has 1 fully saturated rings. The van der Waals surface area contributed by atoms with Crippen LogP contribution in [0.5, 0.6) is 0 Å². The molecule has 0 aromatic carbocycles. The van der Waals surface area contributed by atoms with Gasteiger partial charge in [0.2, 0.25) is 0 Å². The van der Waals surface area contributed by atoms with E-state index in [0.29, 0.717) is 20.9 Å². The quantitative estimate of drug-likeness (QED) is 0.645. The van der Waals surface area contributed by atoms with Gasteiger partial charge in [-0.2, -0.15) is 0 Å². The van der Waals surface area contributed by atoms with Crippen molar-refractivity contribution in [2.45, 2.75) is 41.2 Å². The summed E-state index contributed by atoms with van der Waals surface area (Å²) in [6.45, 7) is 18.8.